The molecule has 0 radical (unpaired) electrons. The molecule has 2 aliphatic rings. The number of halogens is 4. The van der Waals surface area contributed by atoms with Crippen molar-refractivity contribution in [3.8, 4) is 0 Å². The average Bonchev–Trinajstić information content (AvgIpc) is 2.86. The van der Waals surface area contributed by atoms with Gasteiger partial charge in [-0.2, -0.15) is 13.2 Å². The molecule has 1 aromatic carbocycles. The molecule has 6 nitrogen and oxygen atoms in total. The van der Waals surface area contributed by atoms with Gasteiger partial charge in [-0.25, -0.2) is 4.98 Å². The summed E-state index contributed by atoms with van der Waals surface area (Å²) in [6.45, 7) is 8.06. The van der Waals surface area contributed by atoms with Crippen molar-refractivity contribution in [3.63, 3.8) is 0 Å². The summed E-state index contributed by atoms with van der Waals surface area (Å²) in [7, 11) is 0. The molecule has 0 bridgehead atoms. The van der Waals surface area contributed by atoms with Gasteiger partial charge in [0.05, 0.1) is 5.02 Å². The first kappa shape index (κ1) is 30.4. The Hall–Kier alpha value is -2.17. The third-order valence-corrected chi connectivity index (χ3v) is 8.06. The fourth-order valence-electron chi connectivity index (χ4n) is 4.76. The number of carbonyl (C=O) groups is 1. The van der Waals surface area contributed by atoms with Crippen LogP contribution in [0.3, 0.4) is 0 Å². The van der Waals surface area contributed by atoms with Crippen LogP contribution in [-0.4, -0.2) is 78.1 Å². The molecule has 0 saturated carbocycles. The predicted octanol–water partition coefficient (Wildman–Crippen LogP) is 6.30. The fourth-order valence-corrected chi connectivity index (χ4v) is 5.60. The molecule has 3 heterocycles. The van der Waals surface area contributed by atoms with Gasteiger partial charge in [0.15, 0.2) is 0 Å². The largest absolute Gasteiger partial charge is 0.446 e. The van der Waals surface area contributed by atoms with Crippen LogP contribution in [0.25, 0.3) is 0 Å². The SMILES string of the molecule is C.Cc1ccc(N2CCN(CCCC(=O)N3CCC(Nc4ccc(Cl)c(SC(F)(F)F)c4)CC3)CC2)nc1. The minimum absolute atomic E-state index is 0. The number of hydrogen-bond donors (Lipinski definition) is 1. The Bertz CT molecular complexity index is 1040. The third-order valence-electron chi connectivity index (χ3n) is 6.83. The van der Waals surface area contributed by atoms with E-state index in [2.05, 4.69) is 32.2 Å². The molecule has 38 heavy (non-hydrogen) atoms. The first-order valence-electron chi connectivity index (χ1n) is 12.7. The van der Waals surface area contributed by atoms with Gasteiger partial charge in [-0.05, 0) is 74.3 Å². The number of likely N-dealkylation sites (tertiary alicyclic amines) is 1. The molecule has 0 atom stereocenters. The number of alkyl halides is 3. The molecule has 0 unspecified atom stereocenters. The second-order valence-electron chi connectivity index (χ2n) is 9.62. The van der Waals surface area contributed by atoms with E-state index in [4.69, 9.17) is 11.6 Å². The number of nitrogens with one attached hydrogen (secondary N) is 1. The monoisotopic (exact) mass is 571 g/mol. The van der Waals surface area contributed by atoms with E-state index < -0.39 is 5.51 Å². The van der Waals surface area contributed by atoms with Crippen molar-refractivity contribution in [2.75, 3.05) is 56.0 Å². The molecular formula is C27H37ClF3N5OS. The molecule has 4 rings (SSSR count). The van der Waals surface area contributed by atoms with Crippen LogP contribution in [0.15, 0.2) is 41.4 Å². The Morgan fingerprint density at radius 3 is 2.45 bits per heavy atom. The Balaban J connectivity index is 0.00000400. The molecule has 2 saturated heterocycles. The molecular weight excluding hydrogens is 535 g/mol. The summed E-state index contributed by atoms with van der Waals surface area (Å²) in [4.78, 5) is 23.9. The summed E-state index contributed by atoms with van der Waals surface area (Å²) in [6.07, 6.45) is 4.78. The Labute approximate surface area is 232 Å². The molecule has 1 aromatic heterocycles. The molecule has 2 aromatic rings. The van der Waals surface area contributed by atoms with E-state index in [0.717, 1.165) is 63.4 Å². The summed E-state index contributed by atoms with van der Waals surface area (Å²) < 4.78 is 38.3. The maximum absolute atomic E-state index is 12.8. The number of piperazine rings is 1. The Morgan fingerprint density at radius 2 is 1.82 bits per heavy atom. The van der Waals surface area contributed by atoms with E-state index in [1.54, 1.807) is 6.07 Å². The van der Waals surface area contributed by atoms with Crippen LogP contribution in [0.1, 0.15) is 38.7 Å². The lowest BCUT2D eigenvalue weighted by Gasteiger charge is -2.36. The number of nitrogens with zero attached hydrogens (tertiary/aromatic N) is 4. The second-order valence-corrected chi connectivity index (χ2v) is 11.1. The normalized spacial score (nSPS) is 17.3. The molecule has 0 spiro atoms. The highest BCUT2D eigenvalue weighted by atomic mass is 35.5. The smallest absolute Gasteiger partial charge is 0.382 e. The van der Waals surface area contributed by atoms with Crippen LogP contribution >= 0.6 is 23.4 Å². The van der Waals surface area contributed by atoms with Crippen molar-refractivity contribution in [2.45, 2.75) is 56.5 Å². The molecule has 0 aliphatic carbocycles. The average molecular weight is 572 g/mol. The number of amides is 1. The number of anilines is 2. The van der Waals surface area contributed by atoms with E-state index in [-0.39, 0.29) is 41.1 Å². The standard InChI is InChI=1S/C26H33ClF3N5OS.CH4/c1-19-4-7-24(31-18-19)34-15-13-33(14-16-34)10-2-3-25(36)35-11-8-20(9-12-35)32-21-5-6-22(27)23(17-21)37-26(28,29)30;/h4-7,17-18,20,32H,2-3,8-16H2,1H3;1H4. The number of rotatable bonds is 8. The number of piperidine rings is 1. The van der Waals surface area contributed by atoms with Crippen molar-refractivity contribution >= 4 is 40.8 Å². The van der Waals surface area contributed by atoms with Crippen molar-refractivity contribution < 1.29 is 18.0 Å². The van der Waals surface area contributed by atoms with Gasteiger partial charge in [0.25, 0.3) is 0 Å². The van der Waals surface area contributed by atoms with Crippen molar-refractivity contribution in [3.05, 3.63) is 47.1 Å². The van der Waals surface area contributed by atoms with E-state index in [1.807, 2.05) is 18.0 Å². The topological polar surface area (TPSA) is 51.7 Å². The minimum Gasteiger partial charge on any atom is -0.382 e. The number of benzene rings is 1. The Morgan fingerprint density at radius 1 is 1.11 bits per heavy atom. The van der Waals surface area contributed by atoms with Crippen LogP contribution < -0.4 is 10.2 Å². The van der Waals surface area contributed by atoms with E-state index >= 15 is 0 Å². The highest BCUT2D eigenvalue weighted by Gasteiger charge is 2.30. The number of hydrogen-bond acceptors (Lipinski definition) is 6. The first-order chi connectivity index (χ1) is 17.7. The van der Waals surface area contributed by atoms with Gasteiger partial charge in [-0.1, -0.05) is 25.1 Å². The van der Waals surface area contributed by atoms with Crippen molar-refractivity contribution in [1.82, 2.24) is 14.8 Å². The van der Waals surface area contributed by atoms with Gasteiger partial charge in [-0.3, -0.25) is 9.69 Å². The van der Waals surface area contributed by atoms with Gasteiger partial charge in [-0.15, -0.1) is 0 Å². The highest BCUT2D eigenvalue weighted by Crippen LogP contribution is 2.41. The van der Waals surface area contributed by atoms with Crippen LogP contribution in [0.4, 0.5) is 24.7 Å². The Kier molecular flexibility index (Phi) is 11.0. The molecule has 2 fully saturated rings. The quantitative estimate of drug-likeness (QED) is 0.376. The number of pyridine rings is 1. The molecule has 1 amide bonds. The third kappa shape index (κ3) is 8.95. The highest BCUT2D eigenvalue weighted by molar-refractivity contribution is 8.00. The zero-order chi connectivity index (χ0) is 26.4. The van der Waals surface area contributed by atoms with Gasteiger partial charge < -0.3 is 15.1 Å². The minimum atomic E-state index is -4.39. The molecule has 11 heteroatoms. The summed E-state index contributed by atoms with van der Waals surface area (Å²) in [5.41, 5.74) is -2.62. The van der Waals surface area contributed by atoms with Crippen molar-refractivity contribution in [1.29, 1.82) is 0 Å². The summed E-state index contributed by atoms with van der Waals surface area (Å²) >= 11 is 5.72. The van der Waals surface area contributed by atoms with E-state index in [1.165, 1.54) is 12.1 Å². The van der Waals surface area contributed by atoms with Crippen LogP contribution in [0.5, 0.6) is 0 Å². The van der Waals surface area contributed by atoms with Crippen molar-refractivity contribution in [2.24, 2.45) is 0 Å². The maximum atomic E-state index is 12.8. The zero-order valence-corrected chi connectivity index (χ0v) is 22.5. The molecule has 1 N–H and O–H groups in total. The first-order valence-corrected chi connectivity index (χ1v) is 13.9. The summed E-state index contributed by atoms with van der Waals surface area (Å²) in [5, 5.41) is 3.39. The van der Waals surface area contributed by atoms with E-state index in [9.17, 15) is 18.0 Å². The van der Waals surface area contributed by atoms with Gasteiger partial charge >= 0.3 is 5.51 Å². The number of carbonyl (C=O) groups excluding carboxylic acids is 1. The lowest BCUT2D eigenvalue weighted by atomic mass is 10.0. The lowest BCUT2D eigenvalue weighted by molar-refractivity contribution is -0.132. The lowest BCUT2D eigenvalue weighted by Crippen LogP contribution is -2.47. The molecule has 2 aliphatic heterocycles. The number of aryl methyl sites for hydroxylation is 1. The number of thioether (sulfide) groups is 1. The number of aromatic nitrogens is 1. The fraction of sp³-hybridized carbons (Fsp3) is 0.556. The second kappa shape index (κ2) is 13.8. The summed E-state index contributed by atoms with van der Waals surface area (Å²) in [5.74, 6) is 1.20. The van der Waals surface area contributed by atoms with Gasteiger partial charge in [0.2, 0.25) is 5.91 Å². The van der Waals surface area contributed by atoms with Crippen LogP contribution in [0.2, 0.25) is 5.02 Å². The van der Waals surface area contributed by atoms with E-state index in [0.29, 0.717) is 25.2 Å². The zero-order valence-electron chi connectivity index (χ0n) is 20.9. The van der Waals surface area contributed by atoms with Crippen LogP contribution in [-0.2, 0) is 4.79 Å². The van der Waals surface area contributed by atoms with Gasteiger partial charge in [0.1, 0.15) is 5.82 Å². The van der Waals surface area contributed by atoms with Crippen LogP contribution in [0, 0.1) is 6.92 Å². The molecule has 210 valence electrons. The predicted molar refractivity (Wildman–Crippen MR) is 150 cm³/mol. The van der Waals surface area contributed by atoms with Gasteiger partial charge in [0, 0.05) is 68.5 Å². The maximum Gasteiger partial charge on any atom is 0.446 e. The summed E-state index contributed by atoms with van der Waals surface area (Å²) in [6, 6.07) is 8.88.